The number of likely N-dealkylation sites (tertiary alicyclic amines) is 1. The van der Waals surface area contributed by atoms with Crippen LogP contribution in [0.1, 0.15) is 33.1 Å². The molecule has 4 heteroatoms. The summed E-state index contributed by atoms with van der Waals surface area (Å²) in [6.07, 6.45) is 3.12. The van der Waals surface area contributed by atoms with Crippen molar-refractivity contribution in [3.8, 4) is 5.75 Å². The summed E-state index contributed by atoms with van der Waals surface area (Å²) < 4.78 is 5.28. The van der Waals surface area contributed by atoms with Crippen molar-refractivity contribution in [3.05, 3.63) is 24.3 Å². The standard InChI is InChI=1S/C18H28N2O2/c1-14(2)8-11-20-12-9-15(10-13-20)18(21)19-16-6-4-5-7-17(16)22-3/h4-7,14-15H,8-13H2,1-3H3,(H,19,21). The number of piperidine rings is 1. The molecule has 1 heterocycles. The number of hydrogen-bond donors (Lipinski definition) is 1. The number of hydrogen-bond acceptors (Lipinski definition) is 3. The fourth-order valence-electron chi connectivity index (χ4n) is 2.84. The van der Waals surface area contributed by atoms with Crippen molar-refractivity contribution < 1.29 is 9.53 Å². The third-order valence-corrected chi connectivity index (χ3v) is 4.35. The van der Waals surface area contributed by atoms with Gasteiger partial charge >= 0.3 is 0 Å². The maximum atomic E-state index is 12.4. The summed E-state index contributed by atoms with van der Waals surface area (Å²) in [4.78, 5) is 14.9. The fraction of sp³-hybridized carbons (Fsp3) is 0.611. The van der Waals surface area contributed by atoms with Crippen LogP contribution in [0, 0.1) is 11.8 Å². The molecule has 0 atom stereocenters. The smallest absolute Gasteiger partial charge is 0.227 e. The maximum absolute atomic E-state index is 12.4. The van der Waals surface area contributed by atoms with Crippen LogP contribution in [0.4, 0.5) is 5.69 Å². The van der Waals surface area contributed by atoms with E-state index in [4.69, 9.17) is 4.74 Å². The van der Waals surface area contributed by atoms with E-state index in [1.807, 2.05) is 24.3 Å². The molecule has 22 heavy (non-hydrogen) atoms. The molecule has 0 saturated carbocycles. The zero-order chi connectivity index (χ0) is 15.9. The second kappa shape index (κ2) is 8.18. The Kier molecular flexibility index (Phi) is 6.25. The largest absolute Gasteiger partial charge is 0.495 e. The topological polar surface area (TPSA) is 41.6 Å². The maximum Gasteiger partial charge on any atom is 0.227 e. The highest BCUT2D eigenvalue weighted by molar-refractivity contribution is 5.94. The van der Waals surface area contributed by atoms with Gasteiger partial charge < -0.3 is 15.0 Å². The first kappa shape index (κ1) is 16.8. The third kappa shape index (κ3) is 4.73. The minimum Gasteiger partial charge on any atom is -0.495 e. The molecule has 0 bridgehead atoms. The number of amides is 1. The van der Waals surface area contributed by atoms with Crippen molar-refractivity contribution in [3.63, 3.8) is 0 Å². The first-order valence-electron chi connectivity index (χ1n) is 8.26. The van der Waals surface area contributed by atoms with Crippen LogP contribution >= 0.6 is 0 Å². The van der Waals surface area contributed by atoms with E-state index < -0.39 is 0 Å². The number of nitrogens with one attached hydrogen (secondary N) is 1. The van der Waals surface area contributed by atoms with E-state index in [1.54, 1.807) is 7.11 Å². The average molecular weight is 304 g/mol. The molecule has 1 aromatic carbocycles. The van der Waals surface area contributed by atoms with Crippen molar-refractivity contribution in [2.75, 3.05) is 32.1 Å². The van der Waals surface area contributed by atoms with Gasteiger partial charge in [0.25, 0.3) is 0 Å². The Balaban J connectivity index is 1.82. The van der Waals surface area contributed by atoms with Crippen LogP contribution in [0.3, 0.4) is 0 Å². The molecule has 1 aromatic rings. The lowest BCUT2D eigenvalue weighted by Crippen LogP contribution is -2.38. The number of nitrogens with zero attached hydrogens (tertiary/aromatic N) is 1. The van der Waals surface area contributed by atoms with E-state index in [2.05, 4.69) is 24.1 Å². The van der Waals surface area contributed by atoms with Gasteiger partial charge in [-0.15, -0.1) is 0 Å². The molecule has 2 rings (SSSR count). The lowest BCUT2D eigenvalue weighted by Gasteiger charge is -2.31. The molecule has 0 aromatic heterocycles. The van der Waals surface area contributed by atoms with E-state index in [9.17, 15) is 4.79 Å². The first-order chi connectivity index (χ1) is 10.6. The molecule has 1 aliphatic rings. The van der Waals surface area contributed by atoms with Crippen LogP contribution in [-0.2, 0) is 4.79 Å². The highest BCUT2D eigenvalue weighted by Gasteiger charge is 2.25. The Morgan fingerprint density at radius 2 is 2.00 bits per heavy atom. The summed E-state index contributed by atoms with van der Waals surface area (Å²) in [7, 11) is 1.62. The Morgan fingerprint density at radius 1 is 1.32 bits per heavy atom. The highest BCUT2D eigenvalue weighted by atomic mass is 16.5. The normalized spacial score (nSPS) is 16.7. The van der Waals surface area contributed by atoms with Gasteiger partial charge in [0.2, 0.25) is 5.91 Å². The number of ether oxygens (including phenoxy) is 1. The molecule has 4 nitrogen and oxygen atoms in total. The van der Waals surface area contributed by atoms with Gasteiger partial charge in [0.05, 0.1) is 12.8 Å². The van der Waals surface area contributed by atoms with Crippen molar-refractivity contribution in [1.82, 2.24) is 4.90 Å². The Hall–Kier alpha value is -1.55. The van der Waals surface area contributed by atoms with Gasteiger partial charge in [-0.25, -0.2) is 0 Å². The van der Waals surface area contributed by atoms with Gasteiger partial charge in [0.1, 0.15) is 5.75 Å². The second-order valence-corrected chi connectivity index (χ2v) is 6.49. The van der Waals surface area contributed by atoms with E-state index in [0.717, 1.165) is 44.1 Å². The van der Waals surface area contributed by atoms with Gasteiger partial charge in [-0.05, 0) is 56.9 Å². The number of para-hydroxylation sites is 2. The van der Waals surface area contributed by atoms with Crippen molar-refractivity contribution >= 4 is 11.6 Å². The number of rotatable bonds is 6. The van der Waals surface area contributed by atoms with Crippen LogP contribution in [-0.4, -0.2) is 37.6 Å². The summed E-state index contributed by atoms with van der Waals surface area (Å²) in [6.45, 7) is 7.72. The summed E-state index contributed by atoms with van der Waals surface area (Å²) in [5.74, 6) is 1.69. The monoisotopic (exact) mass is 304 g/mol. The second-order valence-electron chi connectivity index (χ2n) is 6.49. The molecule has 1 aliphatic heterocycles. The summed E-state index contributed by atoms with van der Waals surface area (Å²) in [6, 6.07) is 7.56. The number of carbonyl (C=O) groups is 1. The Labute approximate surface area is 133 Å². The zero-order valence-corrected chi connectivity index (χ0v) is 14.0. The van der Waals surface area contributed by atoms with Crippen LogP contribution in [0.15, 0.2) is 24.3 Å². The first-order valence-corrected chi connectivity index (χ1v) is 8.26. The predicted octanol–water partition coefficient (Wildman–Crippen LogP) is 3.39. The van der Waals surface area contributed by atoms with Crippen LogP contribution in [0.25, 0.3) is 0 Å². The minimum absolute atomic E-state index is 0.111. The molecule has 122 valence electrons. The van der Waals surface area contributed by atoms with Gasteiger partial charge in [-0.2, -0.15) is 0 Å². The zero-order valence-electron chi connectivity index (χ0n) is 14.0. The summed E-state index contributed by atoms with van der Waals surface area (Å²) in [5, 5.41) is 3.01. The number of carbonyl (C=O) groups excluding carboxylic acids is 1. The molecular weight excluding hydrogens is 276 g/mol. The van der Waals surface area contributed by atoms with Gasteiger partial charge in [-0.1, -0.05) is 26.0 Å². The molecule has 0 unspecified atom stereocenters. The SMILES string of the molecule is COc1ccccc1NC(=O)C1CCN(CCC(C)C)CC1. The minimum atomic E-state index is 0.111. The summed E-state index contributed by atoms with van der Waals surface area (Å²) in [5.41, 5.74) is 0.761. The molecule has 0 aliphatic carbocycles. The Bertz CT molecular complexity index is 480. The lowest BCUT2D eigenvalue weighted by molar-refractivity contribution is -0.121. The quantitative estimate of drug-likeness (QED) is 0.876. The van der Waals surface area contributed by atoms with Crippen LogP contribution < -0.4 is 10.1 Å². The summed E-state index contributed by atoms with van der Waals surface area (Å²) >= 11 is 0. The number of benzene rings is 1. The molecule has 0 spiro atoms. The molecule has 1 fully saturated rings. The average Bonchev–Trinajstić information content (AvgIpc) is 2.54. The van der Waals surface area contributed by atoms with E-state index in [-0.39, 0.29) is 11.8 Å². The van der Waals surface area contributed by atoms with Crippen LogP contribution in [0.5, 0.6) is 5.75 Å². The van der Waals surface area contributed by atoms with Crippen LogP contribution in [0.2, 0.25) is 0 Å². The predicted molar refractivity (Wildman–Crippen MR) is 90.2 cm³/mol. The lowest BCUT2D eigenvalue weighted by atomic mass is 9.95. The molecule has 0 radical (unpaired) electrons. The van der Waals surface area contributed by atoms with Crippen molar-refractivity contribution in [2.24, 2.45) is 11.8 Å². The fourth-order valence-corrected chi connectivity index (χ4v) is 2.84. The van der Waals surface area contributed by atoms with E-state index >= 15 is 0 Å². The number of methoxy groups -OCH3 is 1. The molecule has 1 saturated heterocycles. The highest BCUT2D eigenvalue weighted by Crippen LogP contribution is 2.25. The van der Waals surface area contributed by atoms with Crippen molar-refractivity contribution in [2.45, 2.75) is 33.1 Å². The molecule has 1 N–H and O–H groups in total. The van der Waals surface area contributed by atoms with Crippen molar-refractivity contribution in [1.29, 1.82) is 0 Å². The van der Waals surface area contributed by atoms with Gasteiger partial charge in [0, 0.05) is 5.92 Å². The van der Waals surface area contributed by atoms with Gasteiger partial charge in [-0.3, -0.25) is 4.79 Å². The molecule has 1 amide bonds. The Morgan fingerprint density at radius 3 is 2.64 bits per heavy atom. The van der Waals surface area contributed by atoms with Gasteiger partial charge in [0.15, 0.2) is 0 Å². The van der Waals surface area contributed by atoms with E-state index in [1.165, 1.54) is 6.42 Å². The third-order valence-electron chi connectivity index (χ3n) is 4.35. The number of anilines is 1. The molecular formula is C18H28N2O2. The van der Waals surface area contributed by atoms with E-state index in [0.29, 0.717) is 5.75 Å².